The van der Waals surface area contributed by atoms with E-state index in [4.69, 9.17) is 9.26 Å². The number of carbonyl (C=O) groups excluding carboxylic acids is 2. The average molecular weight is 396 g/mol. The van der Waals surface area contributed by atoms with Gasteiger partial charge in [0.1, 0.15) is 0 Å². The maximum Gasteiger partial charge on any atom is 0.227 e. The number of benzene rings is 1. The number of likely N-dealkylation sites (tertiary alicyclic amines) is 1. The summed E-state index contributed by atoms with van der Waals surface area (Å²) in [6.45, 7) is 3.98. The monoisotopic (exact) mass is 396 g/mol. The molecule has 8 heteroatoms. The lowest BCUT2D eigenvalue weighted by Gasteiger charge is -2.42. The van der Waals surface area contributed by atoms with Crippen LogP contribution in [0.25, 0.3) is 11.4 Å². The molecule has 2 aromatic rings. The highest BCUT2D eigenvalue weighted by atomic mass is 16.5. The predicted molar refractivity (Wildman–Crippen MR) is 103 cm³/mol. The lowest BCUT2D eigenvalue weighted by atomic mass is 10.0. The van der Waals surface area contributed by atoms with Crippen LogP contribution in [0.1, 0.15) is 37.1 Å². The van der Waals surface area contributed by atoms with Gasteiger partial charge in [-0.2, -0.15) is 4.98 Å². The number of ether oxygens (including phenoxy) is 1. The van der Waals surface area contributed by atoms with Crippen LogP contribution in [0.3, 0.4) is 0 Å². The molecule has 0 aliphatic carbocycles. The highest BCUT2D eigenvalue weighted by molar-refractivity contribution is 5.84. The van der Waals surface area contributed by atoms with Gasteiger partial charge in [0.15, 0.2) is 5.72 Å². The fraction of sp³-hybridized carbons (Fsp3) is 0.524. The maximum absolute atomic E-state index is 12.9. The molecule has 0 unspecified atom stereocenters. The van der Waals surface area contributed by atoms with Crippen LogP contribution in [0.5, 0.6) is 0 Å². The standard InChI is InChI=1S/C21H24N4O4/c1-14-5-2-3-6-15(14)20-22-17(29-23-20)7-8-18(26)24-11-9-21-16(24)13-19(27)25(21)10-4-12-28-21/h2-3,5-6,16H,4,7-13H2,1H3/t16-,21+/m1/s1. The SMILES string of the molecule is Cc1ccccc1-c1noc(CCC(=O)N2CC[C@@]34OCCCN3C(=O)C[C@@H]24)n1. The quantitative estimate of drug-likeness (QED) is 0.785. The first-order valence-electron chi connectivity index (χ1n) is 10.2. The lowest BCUT2D eigenvalue weighted by molar-refractivity contribution is -0.181. The molecule has 1 aromatic carbocycles. The van der Waals surface area contributed by atoms with E-state index >= 15 is 0 Å². The van der Waals surface area contributed by atoms with Crippen LogP contribution in [0.2, 0.25) is 0 Å². The van der Waals surface area contributed by atoms with Gasteiger partial charge in [-0.15, -0.1) is 0 Å². The zero-order valence-electron chi connectivity index (χ0n) is 16.5. The summed E-state index contributed by atoms with van der Waals surface area (Å²) >= 11 is 0. The van der Waals surface area contributed by atoms with E-state index in [0.29, 0.717) is 44.1 Å². The van der Waals surface area contributed by atoms with Crippen LogP contribution in [-0.2, 0) is 20.7 Å². The molecule has 0 bridgehead atoms. The van der Waals surface area contributed by atoms with Crippen molar-refractivity contribution in [2.45, 2.75) is 50.8 Å². The van der Waals surface area contributed by atoms with Crippen LogP contribution in [0.4, 0.5) is 0 Å². The molecule has 152 valence electrons. The lowest BCUT2D eigenvalue weighted by Crippen LogP contribution is -2.56. The molecule has 0 saturated carbocycles. The van der Waals surface area contributed by atoms with Gasteiger partial charge in [-0.1, -0.05) is 29.4 Å². The molecule has 3 saturated heterocycles. The molecular weight excluding hydrogens is 372 g/mol. The molecule has 1 spiro atoms. The van der Waals surface area contributed by atoms with E-state index in [-0.39, 0.29) is 24.3 Å². The molecule has 5 rings (SSSR count). The minimum atomic E-state index is -0.604. The van der Waals surface area contributed by atoms with Gasteiger partial charge in [0.25, 0.3) is 0 Å². The zero-order chi connectivity index (χ0) is 20.0. The first kappa shape index (κ1) is 18.3. The Balaban J connectivity index is 1.25. The molecule has 29 heavy (non-hydrogen) atoms. The third-order valence-corrected chi connectivity index (χ3v) is 6.34. The van der Waals surface area contributed by atoms with Crippen molar-refractivity contribution in [3.8, 4) is 11.4 Å². The first-order chi connectivity index (χ1) is 14.1. The summed E-state index contributed by atoms with van der Waals surface area (Å²) in [5.74, 6) is 1.08. The molecule has 8 nitrogen and oxygen atoms in total. The molecule has 0 radical (unpaired) electrons. The molecule has 4 heterocycles. The number of carbonyl (C=O) groups is 2. The van der Waals surface area contributed by atoms with Gasteiger partial charge < -0.3 is 19.1 Å². The van der Waals surface area contributed by atoms with Crippen molar-refractivity contribution in [1.29, 1.82) is 0 Å². The molecule has 2 amide bonds. The second kappa shape index (κ2) is 6.95. The number of hydrogen-bond donors (Lipinski definition) is 0. The first-order valence-corrected chi connectivity index (χ1v) is 10.2. The van der Waals surface area contributed by atoms with E-state index in [0.717, 1.165) is 24.1 Å². The Labute approximate surface area is 168 Å². The molecule has 3 fully saturated rings. The van der Waals surface area contributed by atoms with Crippen LogP contribution in [0, 0.1) is 6.92 Å². The van der Waals surface area contributed by atoms with Crippen LogP contribution >= 0.6 is 0 Å². The van der Waals surface area contributed by atoms with Gasteiger partial charge >= 0.3 is 0 Å². The van der Waals surface area contributed by atoms with E-state index in [1.807, 2.05) is 41.0 Å². The van der Waals surface area contributed by atoms with E-state index < -0.39 is 5.72 Å². The van der Waals surface area contributed by atoms with Crippen LogP contribution in [-0.4, -0.2) is 63.2 Å². The number of nitrogens with zero attached hydrogens (tertiary/aromatic N) is 4. The van der Waals surface area contributed by atoms with Crippen LogP contribution in [0.15, 0.2) is 28.8 Å². The Morgan fingerprint density at radius 1 is 1.31 bits per heavy atom. The third kappa shape index (κ3) is 2.93. The van der Waals surface area contributed by atoms with E-state index in [2.05, 4.69) is 10.1 Å². The number of aromatic nitrogens is 2. The minimum Gasteiger partial charge on any atom is -0.353 e. The van der Waals surface area contributed by atoms with Crippen LogP contribution < -0.4 is 0 Å². The van der Waals surface area contributed by atoms with Crippen molar-refractivity contribution < 1.29 is 18.8 Å². The third-order valence-electron chi connectivity index (χ3n) is 6.34. The number of rotatable bonds is 4. The summed E-state index contributed by atoms with van der Waals surface area (Å²) in [6, 6.07) is 7.66. The van der Waals surface area contributed by atoms with Gasteiger partial charge in [0, 0.05) is 37.9 Å². The van der Waals surface area contributed by atoms with Crippen molar-refractivity contribution in [3.63, 3.8) is 0 Å². The second-order valence-electron chi connectivity index (χ2n) is 7.98. The number of amides is 2. The number of hydrogen-bond acceptors (Lipinski definition) is 6. The summed E-state index contributed by atoms with van der Waals surface area (Å²) < 4.78 is 11.4. The molecule has 0 N–H and O–H groups in total. The van der Waals surface area contributed by atoms with Crippen molar-refractivity contribution >= 4 is 11.8 Å². The molecular formula is C21H24N4O4. The van der Waals surface area contributed by atoms with Gasteiger partial charge in [-0.3, -0.25) is 9.59 Å². The summed E-state index contributed by atoms with van der Waals surface area (Å²) in [5.41, 5.74) is 1.39. The highest BCUT2D eigenvalue weighted by Gasteiger charge is 2.61. The Kier molecular flexibility index (Phi) is 4.38. The van der Waals surface area contributed by atoms with Gasteiger partial charge in [0.05, 0.1) is 19.1 Å². The minimum absolute atomic E-state index is 0.00587. The van der Waals surface area contributed by atoms with Gasteiger partial charge in [0.2, 0.25) is 23.5 Å². The Hall–Kier alpha value is -2.74. The van der Waals surface area contributed by atoms with Crippen molar-refractivity contribution in [2.24, 2.45) is 0 Å². The van der Waals surface area contributed by atoms with Gasteiger partial charge in [-0.25, -0.2) is 0 Å². The summed E-state index contributed by atoms with van der Waals surface area (Å²) in [7, 11) is 0. The topological polar surface area (TPSA) is 88.8 Å². The largest absolute Gasteiger partial charge is 0.353 e. The molecule has 1 aromatic heterocycles. The smallest absolute Gasteiger partial charge is 0.227 e. The molecule has 3 aliphatic rings. The van der Waals surface area contributed by atoms with Crippen molar-refractivity contribution in [1.82, 2.24) is 19.9 Å². The Bertz CT molecular complexity index is 958. The summed E-state index contributed by atoms with van der Waals surface area (Å²) in [6.07, 6.45) is 2.55. The fourth-order valence-corrected chi connectivity index (χ4v) is 4.90. The fourth-order valence-electron chi connectivity index (χ4n) is 4.90. The van der Waals surface area contributed by atoms with E-state index in [1.54, 1.807) is 0 Å². The highest BCUT2D eigenvalue weighted by Crippen LogP contribution is 2.45. The van der Waals surface area contributed by atoms with E-state index in [1.165, 1.54) is 0 Å². The molecule has 2 atom stereocenters. The second-order valence-corrected chi connectivity index (χ2v) is 7.98. The van der Waals surface area contributed by atoms with Gasteiger partial charge in [-0.05, 0) is 18.9 Å². The zero-order valence-corrected chi connectivity index (χ0v) is 16.5. The average Bonchev–Trinajstić information content (AvgIpc) is 3.39. The maximum atomic E-state index is 12.9. The molecule has 3 aliphatic heterocycles. The van der Waals surface area contributed by atoms with E-state index in [9.17, 15) is 9.59 Å². The summed E-state index contributed by atoms with van der Waals surface area (Å²) in [5, 5.41) is 4.06. The Morgan fingerprint density at radius 2 is 2.17 bits per heavy atom. The predicted octanol–water partition coefficient (Wildman–Crippen LogP) is 1.93. The Morgan fingerprint density at radius 3 is 3.03 bits per heavy atom. The normalized spacial score (nSPS) is 26.0. The summed E-state index contributed by atoms with van der Waals surface area (Å²) in [4.78, 5) is 33.4. The van der Waals surface area contributed by atoms with Crippen molar-refractivity contribution in [2.75, 3.05) is 19.7 Å². The number of aryl methyl sites for hydroxylation is 2. The van der Waals surface area contributed by atoms with Crippen molar-refractivity contribution in [3.05, 3.63) is 35.7 Å².